The maximum Gasteiger partial charge on any atom is 0.410 e. The van der Waals surface area contributed by atoms with Crippen LogP contribution in [0.5, 0.6) is 0 Å². The Bertz CT molecular complexity index is 448. The van der Waals surface area contributed by atoms with E-state index < -0.39 is 11.7 Å². The molecule has 1 rings (SSSR count). The van der Waals surface area contributed by atoms with Gasteiger partial charge in [-0.1, -0.05) is 0 Å². The van der Waals surface area contributed by atoms with Crippen LogP contribution in [0, 0.1) is 6.92 Å². The van der Waals surface area contributed by atoms with E-state index in [1.807, 2.05) is 6.92 Å². The van der Waals surface area contributed by atoms with Crippen molar-refractivity contribution in [1.29, 1.82) is 0 Å². The second-order valence-corrected chi connectivity index (χ2v) is 5.90. The zero-order chi connectivity index (χ0) is 13.9. The molecule has 5 nitrogen and oxygen atoms in total. The van der Waals surface area contributed by atoms with Crippen molar-refractivity contribution in [3.8, 4) is 0 Å². The number of hydrogen-bond donors (Lipinski definition) is 0. The zero-order valence-corrected chi connectivity index (χ0v) is 12.1. The Balaban J connectivity index is 2.57. The van der Waals surface area contributed by atoms with Crippen LogP contribution in [0.1, 0.15) is 36.1 Å². The van der Waals surface area contributed by atoms with Gasteiger partial charge in [0.05, 0.1) is 17.1 Å². The van der Waals surface area contributed by atoms with Crippen LogP contribution >= 0.6 is 11.5 Å². The molecule has 0 saturated carbocycles. The van der Waals surface area contributed by atoms with Gasteiger partial charge >= 0.3 is 6.09 Å². The van der Waals surface area contributed by atoms with Gasteiger partial charge in [-0.15, -0.1) is 0 Å². The molecular weight excluding hydrogens is 252 g/mol. The number of likely N-dealkylation sites (N-methyl/N-ethyl adjacent to an activating group) is 1. The van der Waals surface area contributed by atoms with Gasteiger partial charge in [0.15, 0.2) is 5.78 Å². The average molecular weight is 270 g/mol. The molecule has 0 bridgehead atoms. The van der Waals surface area contributed by atoms with Crippen LogP contribution in [-0.4, -0.2) is 40.3 Å². The van der Waals surface area contributed by atoms with Crippen LogP contribution in [0.2, 0.25) is 0 Å². The van der Waals surface area contributed by atoms with E-state index in [2.05, 4.69) is 4.37 Å². The molecular formula is C12H18N2O3S. The molecule has 0 unspecified atom stereocenters. The van der Waals surface area contributed by atoms with Gasteiger partial charge in [0.25, 0.3) is 0 Å². The van der Waals surface area contributed by atoms with Gasteiger partial charge in [-0.25, -0.2) is 4.79 Å². The van der Waals surface area contributed by atoms with Gasteiger partial charge in [-0.2, -0.15) is 4.37 Å². The topological polar surface area (TPSA) is 59.5 Å². The molecule has 0 aliphatic carbocycles. The number of carbonyl (C=O) groups is 2. The van der Waals surface area contributed by atoms with Gasteiger partial charge < -0.3 is 9.64 Å². The summed E-state index contributed by atoms with van der Waals surface area (Å²) < 4.78 is 9.20. The molecule has 6 heteroatoms. The molecule has 0 saturated heterocycles. The van der Waals surface area contributed by atoms with Crippen LogP contribution in [0.15, 0.2) is 6.07 Å². The van der Waals surface area contributed by atoms with E-state index in [4.69, 9.17) is 4.74 Å². The second-order valence-electron chi connectivity index (χ2n) is 5.09. The van der Waals surface area contributed by atoms with Crippen molar-refractivity contribution in [2.75, 3.05) is 13.6 Å². The first-order valence-corrected chi connectivity index (χ1v) is 6.37. The third kappa shape index (κ3) is 4.44. The Kier molecular flexibility index (Phi) is 4.45. The number of Topliss-reactive ketones (excluding diaryl/α,β-unsaturated/α-hetero) is 1. The summed E-state index contributed by atoms with van der Waals surface area (Å²) in [5, 5.41) is 0. The van der Waals surface area contributed by atoms with Gasteiger partial charge in [0.2, 0.25) is 0 Å². The largest absolute Gasteiger partial charge is 0.444 e. The molecule has 100 valence electrons. The van der Waals surface area contributed by atoms with E-state index in [1.54, 1.807) is 33.9 Å². The quantitative estimate of drug-likeness (QED) is 0.792. The Hall–Kier alpha value is -1.43. The lowest BCUT2D eigenvalue weighted by Gasteiger charge is -2.24. The first-order valence-electron chi connectivity index (χ1n) is 5.59. The SMILES string of the molecule is Cc1cc(C(=O)CN(C)C(=O)OC(C)(C)C)sn1. The molecule has 0 spiro atoms. The summed E-state index contributed by atoms with van der Waals surface area (Å²) in [5.41, 5.74) is 0.249. The zero-order valence-electron chi connectivity index (χ0n) is 11.3. The number of amides is 1. The number of rotatable bonds is 3. The van der Waals surface area contributed by atoms with Crippen molar-refractivity contribution in [3.05, 3.63) is 16.6 Å². The molecule has 1 heterocycles. The summed E-state index contributed by atoms with van der Waals surface area (Å²) in [6, 6.07) is 1.72. The molecule has 0 fully saturated rings. The Morgan fingerprint density at radius 1 is 1.44 bits per heavy atom. The van der Waals surface area contributed by atoms with Gasteiger partial charge in [-0.3, -0.25) is 4.79 Å². The van der Waals surface area contributed by atoms with Crippen molar-refractivity contribution >= 4 is 23.4 Å². The highest BCUT2D eigenvalue weighted by Crippen LogP contribution is 2.12. The minimum atomic E-state index is -0.560. The standard InChI is InChI=1S/C12H18N2O3S/c1-8-6-10(18-13-8)9(15)7-14(5)11(16)17-12(2,3)4/h6H,7H2,1-5H3. The third-order valence-corrected chi connectivity index (χ3v) is 2.91. The number of ketones is 1. The second kappa shape index (κ2) is 5.48. The van der Waals surface area contributed by atoms with E-state index in [-0.39, 0.29) is 12.3 Å². The molecule has 1 aromatic heterocycles. The summed E-state index contributed by atoms with van der Waals surface area (Å²) in [7, 11) is 1.54. The van der Waals surface area contributed by atoms with Crippen LogP contribution in [0.3, 0.4) is 0 Å². The lowest BCUT2D eigenvalue weighted by molar-refractivity contribution is 0.0295. The summed E-state index contributed by atoms with van der Waals surface area (Å²) in [4.78, 5) is 25.4. The van der Waals surface area contributed by atoms with Crippen molar-refractivity contribution in [2.24, 2.45) is 0 Å². The minimum Gasteiger partial charge on any atom is -0.444 e. The molecule has 0 aromatic carbocycles. The maximum absolute atomic E-state index is 11.9. The van der Waals surface area contributed by atoms with Crippen molar-refractivity contribution in [2.45, 2.75) is 33.3 Å². The van der Waals surface area contributed by atoms with Crippen LogP contribution in [-0.2, 0) is 4.74 Å². The highest BCUT2D eigenvalue weighted by molar-refractivity contribution is 7.08. The highest BCUT2D eigenvalue weighted by Gasteiger charge is 2.22. The third-order valence-electron chi connectivity index (χ3n) is 1.99. The van der Waals surface area contributed by atoms with E-state index in [0.717, 1.165) is 17.2 Å². The monoisotopic (exact) mass is 270 g/mol. The van der Waals surface area contributed by atoms with Crippen molar-refractivity contribution in [1.82, 2.24) is 9.27 Å². The summed E-state index contributed by atoms with van der Waals surface area (Å²) in [6.07, 6.45) is -0.503. The molecule has 0 aliphatic rings. The smallest absolute Gasteiger partial charge is 0.410 e. The molecule has 18 heavy (non-hydrogen) atoms. The minimum absolute atomic E-state index is 0.00343. The summed E-state index contributed by atoms with van der Waals surface area (Å²) >= 11 is 1.15. The number of nitrogens with zero attached hydrogens (tertiary/aromatic N) is 2. The molecule has 0 aliphatic heterocycles. The Morgan fingerprint density at radius 2 is 2.06 bits per heavy atom. The van der Waals surface area contributed by atoms with Gasteiger partial charge in [-0.05, 0) is 45.3 Å². The number of carbonyl (C=O) groups excluding carboxylic acids is 2. The fourth-order valence-electron chi connectivity index (χ4n) is 1.19. The lowest BCUT2D eigenvalue weighted by Crippen LogP contribution is -2.37. The fourth-order valence-corrected chi connectivity index (χ4v) is 1.88. The van der Waals surface area contributed by atoms with Crippen molar-refractivity contribution < 1.29 is 14.3 Å². The molecule has 1 amide bonds. The highest BCUT2D eigenvalue weighted by atomic mass is 32.1. The summed E-state index contributed by atoms with van der Waals surface area (Å²) in [6.45, 7) is 7.18. The van der Waals surface area contributed by atoms with E-state index >= 15 is 0 Å². The van der Waals surface area contributed by atoms with Crippen LogP contribution in [0.4, 0.5) is 4.79 Å². The Labute approximate surface area is 111 Å². The van der Waals surface area contributed by atoms with Crippen molar-refractivity contribution in [3.63, 3.8) is 0 Å². The predicted octanol–water partition coefficient (Wildman–Crippen LogP) is 2.50. The molecule has 1 aromatic rings. The van der Waals surface area contributed by atoms with Gasteiger partial charge in [0.1, 0.15) is 5.60 Å². The molecule has 0 atom stereocenters. The van der Waals surface area contributed by atoms with E-state index in [0.29, 0.717) is 4.88 Å². The van der Waals surface area contributed by atoms with Gasteiger partial charge in [0, 0.05) is 7.05 Å². The normalized spacial score (nSPS) is 11.2. The van der Waals surface area contributed by atoms with E-state index in [1.165, 1.54) is 4.90 Å². The number of aryl methyl sites for hydroxylation is 1. The average Bonchev–Trinajstić information content (AvgIpc) is 2.62. The fraction of sp³-hybridized carbons (Fsp3) is 0.583. The number of ether oxygens (including phenoxy) is 1. The molecule has 0 radical (unpaired) electrons. The summed E-state index contributed by atoms with van der Waals surface area (Å²) in [5.74, 6) is -0.131. The number of hydrogen-bond acceptors (Lipinski definition) is 5. The Morgan fingerprint density at radius 3 is 2.50 bits per heavy atom. The first-order chi connectivity index (χ1) is 8.19. The van der Waals surface area contributed by atoms with Crippen LogP contribution < -0.4 is 0 Å². The predicted molar refractivity (Wildman–Crippen MR) is 70.0 cm³/mol. The maximum atomic E-state index is 11.9. The number of aromatic nitrogens is 1. The first kappa shape index (κ1) is 14.6. The molecule has 0 N–H and O–H groups in total. The van der Waals surface area contributed by atoms with E-state index in [9.17, 15) is 9.59 Å². The lowest BCUT2D eigenvalue weighted by atomic mass is 10.2. The van der Waals surface area contributed by atoms with Crippen LogP contribution in [0.25, 0.3) is 0 Å².